The van der Waals surface area contributed by atoms with E-state index in [9.17, 15) is 4.79 Å². The van der Waals surface area contributed by atoms with Crippen LogP contribution < -0.4 is 5.32 Å². The quantitative estimate of drug-likeness (QED) is 0.670. The first-order valence-corrected chi connectivity index (χ1v) is 12.3. The number of carbonyl (C=O) groups is 1. The fraction of sp³-hybridized carbons (Fsp3) is 0.545. The van der Waals surface area contributed by atoms with Crippen LogP contribution in [0.25, 0.3) is 11.3 Å². The van der Waals surface area contributed by atoms with Crippen LogP contribution in [-0.4, -0.2) is 59.9 Å². The number of ether oxygens (including phenoxy) is 1. The van der Waals surface area contributed by atoms with Crippen LogP contribution >= 0.6 is 23.1 Å². The second kappa shape index (κ2) is 10.1. The highest BCUT2D eigenvalue weighted by molar-refractivity contribution is 8.01. The molecule has 0 unspecified atom stereocenters. The third-order valence-corrected chi connectivity index (χ3v) is 7.98. The summed E-state index contributed by atoms with van der Waals surface area (Å²) >= 11 is 3.13. The summed E-state index contributed by atoms with van der Waals surface area (Å²) in [5.41, 5.74) is 2.21. The SMILES string of the molecule is O=C(CSc1nc(-c2ccccc2)cs1)NCC1(N2CCOCC2)CCCCC1. The van der Waals surface area contributed by atoms with E-state index in [1.165, 1.54) is 43.9 Å². The highest BCUT2D eigenvalue weighted by atomic mass is 32.2. The predicted octanol–water partition coefficient (Wildman–Crippen LogP) is 4.05. The van der Waals surface area contributed by atoms with Gasteiger partial charge < -0.3 is 10.1 Å². The van der Waals surface area contributed by atoms with E-state index >= 15 is 0 Å². The fourth-order valence-electron chi connectivity index (χ4n) is 4.36. The number of carbonyl (C=O) groups excluding carboxylic acids is 1. The summed E-state index contributed by atoms with van der Waals surface area (Å²) < 4.78 is 6.49. The van der Waals surface area contributed by atoms with Crippen LogP contribution in [0, 0.1) is 0 Å². The van der Waals surface area contributed by atoms with Crippen LogP contribution in [-0.2, 0) is 9.53 Å². The normalized spacial score (nSPS) is 19.7. The average Bonchev–Trinajstić information content (AvgIpc) is 3.27. The summed E-state index contributed by atoms with van der Waals surface area (Å²) in [6.07, 6.45) is 6.16. The van der Waals surface area contributed by atoms with E-state index in [1.807, 2.05) is 18.2 Å². The van der Waals surface area contributed by atoms with Crippen molar-refractivity contribution in [2.75, 3.05) is 38.6 Å². The predicted molar refractivity (Wildman–Crippen MR) is 119 cm³/mol. The monoisotopic (exact) mass is 431 g/mol. The number of nitrogens with zero attached hydrogens (tertiary/aromatic N) is 2. The molecule has 1 aliphatic heterocycles. The van der Waals surface area contributed by atoms with Gasteiger partial charge in [-0.1, -0.05) is 61.4 Å². The maximum atomic E-state index is 12.6. The van der Waals surface area contributed by atoms with Gasteiger partial charge in [0.1, 0.15) is 0 Å². The van der Waals surface area contributed by atoms with Gasteiger partial charge >= 0.3 is 0 Å². The van der Waals surface area contributed by atoms with Gasteiger partial charge in [0.15, 0.2) is 4.34 Å². The van der Waals surface area contributed by atoms with Gasteiger partial charge in [-0.3, -0.25) is 9.69 Å². The van der Waals surface area contributed by atoms with Gasteiger partial charge in [-0.25, -0.2) is 4.98 Å². The molecule has 29 heavy (non-hydrogen) atoms. The number of thioether (sulfide) groups is 1. The minimum atomic E-state index is 0.102. The zero-order valence-electron chi connectivity index (χ0n) is 16.8. The van der Waals surface area contributed by atoms with Gasteiger partial charge in [-0.15, -0.1) is 11.3 Å². The van der Waals surface area contributed by atoms with Gasteiger partial charge in [0.25, 0.3) is 0 Å². The Kier molecular flexibility index (Phi) is 7.24. The molecule has 2 heterocycles. The summed E-state index contributed by atoms with van der Waals surface area (Å²) in [6, 6.07) is 10.2. The lowest BCUT2D eigenvalue weighted by atomic mass is 9.79. The molecule has 0 atom stereocenters. The number of rotatable bonds is 7. The molecule has 1 saturated heterocycles. The zero-order chi connectivity index (χ0) is 19.9. The van der Waals surface area contributed by atoms with Crippen molar-refractivity contribution in [3.63, 3.8) is 0 Å². The van der Waals surface area contributed by atoms with Crippen LogP contribution in [0.2, 0.25) is 0 Å². The molecule has 5 nitrogen and oxygen atoms in total. The Balaban J connectivity index is 1.29. The molecule has 1 aromatic carbocycles. The Bertz CT molecular complexity index is 784. The number of nitrogens with one attached hydrogen (secondary N) is 1. The van der Waals surface area contributed by atoms with Crippen molar-refractivity contribution >= 4 is 29.0 Å². The molecule has 156 valence electrons. The van der Waals surface area contributed by atoms with E-state index in [-0.39, 0.29) is 11.4 Å². The van der Waals surface area contributed by atoms with Crippen molar-refractivity contribution in [1.82, 2.24) is 15.2 Å². The molecular formula is C22H29N3O2S2. The Morgan fingerprint density at radius 3 is 2.69 bits per heavy atom. The zero-order valence-corrected chi connectivity index (χ0v) is 18.4. The minimum absolute atomic E-state index is 0.102. The molecule has 7 heteroatoms. The summed E-state index contributed by atoms with van der Waals surface area (Å²) in [5, 5.41) is 5.29. The number of benzene rings is 1. The van der Waals surface area contributed by atoms with Gasteiger partial charge in [0, 0.05) is 36.1 Å². The van der Waals surface area contributed by atoms with Crippen molar-refractivity contribution in [1.29, 1.82) is 0 Å². The van der Waals surface area contributed by atoms with Crippen LogP contribution in [0.4, 0.5) is 0 Å². The Hall–Kier alpha value is -1.41. The molecule has 0 spiro atoms. The molecule has 1 saturated carbocycles. The van der Waals surface area contributed by atoms with E-state index in [2.05, 4.69) is 32.7 Å². The third-order valence-electron chi connectivity index (χ3n) is 5.96. The van der Waals surface area contributed by atoms with Gasteiger partial charge in [-0.2, -0.15) is 0 Å². The lowest BCUT2D eigenvalue weighted by Crippen LogP contribution is -2.59. The third kappa shape index (κ3) is 5.40. The molecule has 1 aliphatic carbocycles. The van der Waals surface area contributed by atoms with Crippen molar-refractivity contribution in [2.24, 2.45) is 0 Å². The van der Waals surface area contributed by atoms with Gasteiger partial charge in [0.2, 0.25) is 5.91 Å². The second-order valence-corrected chi connectivity index (χ2v) is 9.90. The highest BCUT2D eigenvalue weighted by Gasteiger charge is 2.38. The smallest absolute Gasteiger partial charge is 0.230 e. The largest absolute Gasteiger partial charge is 0.379 e. The average molecular weight is 432 g/mol. The maximum absolute atomic E-state index is 12.6. The van der Waals surface area contributed by atoms with E-state index in [0.29, 0.717) is 5.75 Å². The second-order valence-electron chi connectivity index (χ2n) is 7.81. The Morgan fingerprint density at radius 1 is 1.17 bits per heavy atom. The Labute approximate surface area is 181 Å². The van der Waals surface area contributed by atoms with Crippen molar-refractivity contribution in [3.8, 4) is 11.3 Å². The molecular weight excluding hydrogens is 402 g/mol. The molecule has 1 aromatic heterocycles. The first-order chi connectivity index (χ1) is 14.3. The number of hydrogen-bond acceptors (Lipinski definition) is 6. The van der Waals surface area contributed by atoms with Crippen molar-refractivity contribution in [2.45, 2.75) is 42.0 Å². The topological polar surface area (TPSA) is 54.5 Å². The number of thiazole rings is 1. The molecule has 0 bridgehead atoms. The maximum Gasteiger partial charge on any atom is 0.230 e. The van der Waals surface area contributed by atoms with Crippen molar-refractivity contribution in [3.05, 3.63) is 35.7 Å². The standard InChI is InChI=1S/C22H29N3O2S2/c26-20(16-29-21-24-19(15-28-21)18-7-3-1-4-8-18)23-17-22(9-5-2-6-10-22)25-11-13-27-14-12-25/h1,3-4,7-8,15H,2,5-6,9-14,16-17H2,(H,23,26). The molecule has 2 fully saturated rings. The first kappa shape index (κ1) is 20.8. The molecule has 1 N–H and O–H groups in total. The van der Waals surface area contributed by atoms with E-state index in [0.717, 1.165) is 48.4 Å². The van der Waals surface area contributed by atoms with Crippen molar-refractivity contribution < 1.29 is 9.53 Å². The molecule has 4 rings (SSSR count). The summed E-state index contributed by atoms with van der Waals surface area (Å²) in [4.78, 5) is 19.8. The number of aromatic nitrogens is 1. The Morgan fingerprint density at radius 2 is 1.93 bits per heavy atom. The highest BCUT2D eigenvalue weighted by Crippen LogP contribution is 2.34. The molecule has 1 amide bonds. The first-order valence-electron chi connectivity index (χ1n) is 10.5. The summed E-state index contributed by atoms with van der Waals surface area (Å²) in [5.74, 6) is 0.519. The minimum Gasteiger partial charge on any atom is -0.379 e. The lowest BCUT2D eigenvalue weighted by Gasteiger charge is -2.48. The van der Waals surface area contributed by atoms with E-state index in [4.69, 9.17) is 4.74 Å². The number of morpholine rings is 1. The summed E-state index contributed by atoms with van der Waals surface area (Å²) in [6.45, 7) is 4.32. The van der Waals surface area contributed by atoms with E-state index in [1.54, 1.807) is 11.3 Å². The molecule has 2 aliphatic rings. The van der Waals surface area contributed by atoms with Gasteiger partial charge in [-0.05, 0) is 12.8 Å². The van der Waals surface area contributed by atoms with Crippen LogP contribution in [0.1, 0.15) is 32.1 Å². The van der Waals surface area contributed by atoms with E-state index < -0.39 is 0 Å². The van der Waals surface area contributed by atoms with Crippen LogP contribution in [0.5, 0.6) is 0 Å². The lowest BCUT2D eigenvalue weighted by molar-refractivity contribution is -0.119. The number of hydrogen-bond donors (Lipinski definition) is 1. The van der Waals surface area contributed by atoms with Crippen LogP contribution in [0.3, 0.4) is 0 Å². The van der Waals surface area contributed by atoms with Gasteiger partial charge in [0.05, 0.1) is 24.7 Å². The van der Waals surface area contributed by atoms with Crippen LogP contribution in [0.15, 0.2) is 40.1 Å². The molecule has 2 aromatic rings. The summed E-state index contributed by atoms with van der Waals surface area (Å²) in [7, 11) is 0. The number of amides is 1. The molecule has 0 radical (unpaired) electrons. The fourth-order valence-corrected chi connectivity index (χ4v) is 6.02.